The van der Waals surface area contributed by atoms with Crippen molar-refractivity contribution in [2.75, 3.05) is 4.90 Å². The van der Waals surface area contributed by atoms with Crippen molar-refractivity contribution in [3.05, 3.63) is 288 Å². The molecule has 73 heavy (non-hydrogen) atoms. The Morgan fingerprint density at radius 2 is 0.740 bits per heavy atom. The fourth-order valence-electron chi connectivity index (χ4n) is 15.5. The van der Waals surface area contributed by atoms with Gasteiger partial charge in [-0.1, -0.05) is 194 Å². The molecule has 11 aromatic rings. The van der Waals surface area contributed by atoms with E-state index in [1.54, 1.807) is 11.1 Å². The average molecular weight is 937 g/mol. The van der Waals surface area contributed by atoms with Gasteiger partial charge in [-0.05, 0) is 172 Å². The van der Waals surface area contributed by atoms with Crippen molar-refractivity contribution in [2.24, 2.45) is 23.7 Å². The summed E-state index contributed by atoms with van der Waals surface area (Å²) in [6, 6.07) is 96.2. The quantitative estimate of drug-likeness (QED) is 0.147. The molecule has 1 spiro atoms. The molecule has 1 aromatic heterocycles. The Kier molecular flexibility index (Phi) is 9.71. The number of rotatable bonds is 8. The highest BCUT2D eigenvalue weighted by Gasteiger charge is 2.63. The lowest BCUT2D eigenvalue weighted by Gasteiger charge is -2.65. The zero-order chi connectivity index (χ0) is 48.1. The van der Waals surface area contributed by atoms with E-state index >= 15 is 0 Å². The zero-order valence-corrected chi connectivity index (χ0v) is 41.0. The van der Waals surface area contributed by atoms with Gasteiger partial charge in [-0.2, -0.15) is 0 Å². The second kappa shape index (κ2) is 16.7. The van der Waals surface area contributed by atoms with E-state index in [4.69, 9.17) is 0 Å². The molecule has 2 heteroatoms. The summed E-state index contributed by atoms with van der Waals surface area (Å²) < 4.78 is 2.39. The van der Waals surface area contributed by atoms with Crippen molar-refractivity contribution in [3.63, 3.8) is 0 Å². The standard InChI is InChI=1S/C71H56N2/c1-4-16-50(17-5-1)51-28-34-58(35-29-51)72(59-36-30-52(31-37-59)53-32-38-60(39-33-53)73-68-26-14-10-22-62(68)63-23-11-15-27-69(63)73)61-40-41-66-67(47-61)70(54-18-6-2-7-19-54,55-20-8-3-9-21-55)64-24-12-13-25-65(64)71(66)56-43-48-42-49(45-56)46-57(71)44-48/h1-41,47-49,56-57H,42-46H2/t48-,49+,56+,57-,71?. The third-order valence-electron chi connectivity index (χ3n) is 18.1. The van der Waals surface area contributed by atoms with E-state index in [0.717, 1.165) is 28.9 Å². The van der Waals surface area contributed by atoms with E-state index < -0.39 is 5.41 Å². The first-order chi connectivity index (χ1) is 36.2. The average Bonchev–Trinajstić information content (AvgIpc) is 3.80. The third kappa shape index (κ3) is 6.36. The summed E-state index contributed by atoms with van der Waals surface area (Å²) in [4.78, 5) is 2.51. The Bertz CT molecular complexity index is 3710. The van der Waals surface area contributed by atoms with Gasteiger partial charge in [0.25, 0.3) is 0 Å². The van der Waals surface area contributed by atoms with E-state index in [9.17, 15) is 0 Å². The number of hydrogen-bond donors (Lipinski definition) is 0. The van der Waals surface area contributed by atoms with Crippen LogP contribution in [-0.4, -0.2) is 4.57 Å². The molecule has 5 aliphatic carbocycles. The maximum Gasteiger partial charge on any atom is 0.0708 e. The summed E-state index contributed by atoms with van der Waals surface area (Å²) in [5.41, 5.74) is 19.9. The minimum Gasteiger partial charge on any atom is -0.310 e. The van der Waals surface area contributed by atoms with Gasteiger partial charge in [0.2, 0.25) is 0 Å². The monoisotopic (exact) mass is 936 g/mol. The molecule has 4 fully saturated rings. The predicted octanol–water partition coefficient (Wildman–Crippen LogP) is 18.0. The highest BCUT2D eigenvalue weighted by atomic mass is 15.1. The lowest BCUT2D eigenvalue weighted by atomic mass is 9.38. The molecule has 4 saturated carbocycles. The molecule has 0 amide bonds. The molecule has 0 atom stereocenters. The van der Waals surface area contributed by atoms with E-state index in [1.165, 1.54) is 104 Å². The first-order valence-corrected chi connectivity index (χ1v) is 26.7. The third-order valence-corrected chi connectivity index (χ3v) is 18.1. The highest BCUT2D eigenvalue weighted by molar-refractivity contribution is 6.09. The molecular formula is C71H56N2. The van der Waals surface area contributed by atoms with Gasteiger partial charge < -0.3 is 9.47 Å². The molecule has 16 rings (SSSR count). The van der Waals surface area contributed by atoms with Gasteiger partial charge in [-0.3, -0.25) is 0 Å². The smallest absolute Gasteiger partial charge is 0.0708 e. The topological polar surface area (TPSA) is 8.17 Å². The molecule has 10 aromatic carbocycles. The van der Waals surface area contributed by atoms with Crippen LogP contribution in [0.1, 0.15) is 65.5 Å². The van der Waals surface area contributed by atoms with Gasteiger partial charge in [-0.25, -0.2) is 0 Å². The van der Waals surface area contributed by atoms with Gasteiger partial charge in [0, 0.05) is 38.9 Å². The molecule has 4 bridgehead atoms. The van der Waals surface area contributed by atoms with Crippen molar-refractivity contribution in [1.29, 1.82) is 0 Å². The maximum absolute atomic E-state index is 2.63. The van der Waals surface area contributed by atoms with E-state index in [1.807, 2.05) is 0 Å². The van der Waals surface area contributed by atoms with Crippen molar-refractivity contribution >= 4 is 38.9 Å². The number of fused-ring (bicyclic) bond motifs is 5. The fraction of sp³-hybridized carbons (Fsp3) is 0.155. The second-order valence-electron chi connectivity index (χ2n) is 21.6. The predicted molar refractivity (Wildman–Crippen MR) is 302 cm³/mol. The molecule has 0 N–H and O–H groups in total. The van der Waals surface area contributed by atoms with Gasteiger partial charge in [-0.15, -0.1) is 0 Å². The Morgan fingerprint density at radius 3 is 1.27 bits per heavy atom. The van der Waals surface area contributed by atoms with Crippen molar-refractivity contribution in [3.8, 4) is 27.9 Å². The maximum atomic E-state index is 2.63. The van der Waals surface area contributed by atoms with Crippen LogP contribution in [0, 0.1) is 23.7 Å². The van der Waals surface area contributed by atoms with Crippen molar-refractivity contribution in [2.45, 2.75) is 42.9 Å². The van der Waals surface area contributed by atoms with Crippen LogP contribution in [0.25, 0.3) is 49.7 Å². The number of hydrogen-bond acceptors (Lipinski definition) is 1. The number of benzene rings is 10. The molecule has 1 heterocycles. The van der Waals surface area contributed by atoms with Gasteiger partial charge in [0.15, 0.2) is 0 Å². The minimum atomic E-state index is -0.539. The van der Waals surface area contributed by atoms with Gasteiger partial charge in [0.05, 0.1) is 16.4 Å². The van der Waals surface area contributed by atoms with E-state index in [-0.39, 0.29) is 5.41 Å². The van der Waals surface area contributed by atoms with Crippen LogP contribution < -0.4 is 4.90 Å². The number of nitrogens with zero attached hydrogens (tertiary/aromatic N) is 2. The molecule has 0 radical (unpaired) electrons. The zero-order valence-electron chi connectivity index (χ0n) is 41.0. The van der Waals surface area contributed by atoms with Crippen molar-refractivity contribution < 1.29 is 0 Å². The Balaban J connectivity index is 0.909. The SMILES string of the molecule is c1ccc(-c2ccc(N(c3ccc(-c4ccc(-n5c6ccccc6c6ccccc65)cc4)cc3)c3ccc4c(c3)C(c3ccccc3)(c3ccccc3)c3ccccc3C43[C@H]4C[C@H]5C[C@H](C[C@H]3C5)C4)cc2)cc1. The van der Waals surface area contributed by atoms with Crippen LogP contribution in [0.15, 0.2) is 255 Å². The highest BCUT2D eigenvalue weighted by Crippen LogP contribution is 2.70. The summed E-state index contributed by atoms with van der Waals surface area (Å²) in [6.45, 7) is 0. The first kappa shape index (κ1) is 42.5. The normalized spacial score (nSPS) is 21.0. The first-order valence-electron chi connectivity index (χ1n) is 26.7. The summed E-state index contributed by atoms with van der Waals surface area (Å²) in [6.07, 6.45) is 6.77. The largest absolute Gasteiger partial charge is 0.310 e. The van der Waals surface area contributed by atoms with Crippen LogP contribution >= 0.6 is 0 Å². The Hall–Kier alpha value is -8.20. The second-order valence-corrected chi connectivity index (χ2v) is 21.6. The summed E-state index contributed by atoms with van der Waals surface area (Å²) in [5.74, 6) is 2.97. The molecule has 350 valence electrons. The molecular weight excluding hydrogens is 881 g/mol. The van der Waals surface area contributed by atoms with Gasteiger partial charge in [0.1, 0.15) is 0 Å². The minimum absolute atomic E-state index is 0.0359. The number of aromatic nitrogens is 1. The Labute approximate surface area is 428 Å². The van der Waals surface area contributed by atoms with Crippen LogP contribution in [-0.2, 0) is 10.8 Å². The summed E-state index contributed by atoms with van der Waals surface area (Å²) in [5, 5.41) is 2.55. The Morgan fingerprint density at radius 1 is 0.329 bits per heavy atom. The van der Waals surface area contributed by atoms with Crippen LogP contribution in [0.2, 0.25) is 0 Å². The van der Waals surface area contributed by atoms with E-state index in [0.29, 0.717) is 11.8 Å². The van der Waals surface area contributed by atoms with Crippen LogP contribution in [0.3, 0.4) is 0 Å². The molecule has 5 aliphatic rings. The number of para-hydroxylation sites is 2. The molecule has 0 aliphatic heterocycles. The fourth-order valence-corrected chi connectivity index (χ4v) is 15.5. The van der Waals surface area contributed by atoms with E-state index in [2.05, 4.69) is 264 Å². The molecule has 2 nitrogen and oxygen atoms in total. The van der Waals surface area contributed by atoms with Gasteiger partial charge >= 0.3 is 0 Å². The molecule has 0 saturated heterocycles. The lowest BCUT2D eigenvalue weighted by Crippen LogP contribution is -2.59. The van der Waals surface area contributed by atoms with Crippen LogP contribution in [0.5, 0.6) is 0 Å². The molecule has 0 unspecified atom stereocenters. The summed E-state index contributed by atoms with van der Waals surface area (Å²) in [7, 11) is 0. The lowest BCUT2D eigenvalue weighted by molar-refractivity contribution is -0.0440. The van der Waals surface area contributed by atoms with Crippen LogP contribution in [0.4, 0.5) is 17.1 Å². The summed E-state index contributed by atoms with van der Waals surface area (Å²) >= 11 is 0. The van der Waals surface area contributed by atoms with Crippen molar-refractivity contribution in [1.82, 2.24) is 4.57 Å². The number of anilines is 3.